The SMILES string of the molecule is CCOC(=O)C1C(C(F)(F)F)CCc2nn(Cc3ccc(Cl)cn3)c(=O)n21. The molecule has 2 aromatic rings. The Morgan fingerprint density at radius 1 is 1.41 bits per heavy atom. The summed E-state index contributed by atoms with van der Waals surface area (Å²) in [6.45, 7) is 1.34. The van der Waals surface area contributed by atoms with Crippen LogP contribution in [0.4, 0.5) is 13.2 Å². The van der Waals surface area contributed by atoms with Crippen LogP contribution in [0.25, 0.3) is 0 Å². The van der Waals surface area contributed by atoms with Gasteiger partial charge in [0.1, 0.15) is 11.9 Å². The molecule has 2 unspecified atom stereocenters. The number of esters is 1. The van der Waals surface area contributed by atoms with Gasteiger partial charge < -0.3 is 4.74 Å². The van der Waals surface area contributed by atoms with Crippen LogP contribution in [0, 0.1) is 5.92 Å². The number of aromatic nitrogens is 4. The maximum atomic E-state index is 13.4. The zero-order valence-electron chi connectivity index (χ0n) is 14.2. The van der Waals surface area contributed by atoms with E-state index in [0.717, 1.165) is 9.25 Å². The zero-order chi connectivity index (χ0) is 19.8. The number of rotatable bonds is 4. The molecule has 0 fully saturated rings. The van der Waals surface area contributed by atoms with Gasteiger partial charge in [0, 0.05) is 12.6 Å². The second kappa shape index (κ2) is 7.34. The Bertz CT molecular complexity index is 892. The van der Waals surface area contributed by atoms with Crippen molar-refractivity contribution in [3.8, 4) is 0 Å². The van der Waals surface area contributed by atoms with Gasteiger partial charge in [0.05, 0.1) is 29.8 Å². The van der Waals surface area contributed by atoms with Crippen LogP contribution in [-0.2, 0) is 22.5 Å². The van der Waals surface area contributed by atoms with Gasteiger partial charge in [0.25, 0.3) is 0 Å². The number of pyridine rings is 1. The maximum Gasteiger partial charge on any atom is 0.394 e. The van der Waals surface area contributed by atoms with E-state index >= 15 is 0 Å². The number of carbonyl (C=O) groups is 1. The molecule has 0 aliphatic carbocycles. The molecule has 146 valence electrons. The molecular formula is C16H16ClF3N4O3. The number of hydrogen-bond donors (Lipinski definition) is 0. The number of ether oxygens (including phenoxy) is 1. The number of alkyl halides is 3. The summed E-state index contributed by atoms with van der Waals surface area (Å²) in [5.41, 5.74) is -0.356. The summed E-state index contributed by atoms with van der Waals surface area (Å²) < 4.78 is 46.9. The lowest BCUT2D eigenvalue weighted by atomic mass is 9.90. The Labute approximate surface area is 156 Å². The van der Waals surface area contributed by atoms with Crippen LogP contribution in [0.2, 0.25) is 5.02 Å². The molecule has 0 saturated carbocycles. The highest BCUT2D eigenvalue weighted by molar-refractivity contribution is 6.30. The van der Waals surface area contributed by atoms with E-state index in [2.05, 4.69) is 10.1 Å². The van der Waals surface area contributed by atoms with Crippen molar-refractivity contribution < 1.29 is 22.7 Å². The highest BCUT2D eigenvalue weighted by Gasteiger charge is 2.52. The first kappa shape index (κ1) is 19.4. The summed E-state index contributed by atoms with van der Waals surface area (Å²) >= 11 is 5.76. The van der Waals surface area contributed by atoms with Crippen LogP contribution in [-0.4, -0.2) is 38.1 Å². The number of hydrogen-bond acceptors (Lipinski definition) is 5. The minimum Gasteiger partial charge on any atom is -0.464 e. The average Bonchev–Trinajstić information content (AvgIpc) is 2.91. The first-order chi connectivity index (χ1) is 12.7. The minimum atomic E-state index is -4.64. The molecule has 3 rings (SSSR count). The predicted octanol–water partition coefficient (Wildman–Crippen LogP) is 2.37. The van der Waals surface area contributed by atoms with Crippen molar-refractivity contribution in [1.82, 2.24) is 19.3 Å². The third-order valence-corrected chi connectivity index (χ3v) is 4.55. The second-order valence-corrected chi connectivity index (χ2v) is 6.51. The first-order valence-electron chi connectivity index (χ1n) is 8.24. The fraction of sp³-hybridized carbons (Fsp3) is 0.500. The molecule has 0 radical (unpaired) electrons. The van der Waals surface area contributed by atoms with Gasteiger partial charge in [-0.25, -0.2) is 14.3 Å². The highest BCUT2D eigenvalue weighted by atomic mass is 35.5. The van der Waals surface area contributed by atoms with Gasteiger partial charge in [0.15, 0.2) is 0 Å². The molecule has 7 nitrogen and oxygen atoms in total. The first-order valence-corrected chi connectivity index (χ1v) is 8.62. The standard InChI is InChI=1S/C16H16ClF3N4O3/c1-2-27-14(25)13-11(16(18,19)20)5-6-12-22-23(15(26)24(12)13)8-10-4-3-9(17)7-21-10/h3-4,7,11,13H,2,5-6,8H2,1H3. The van der Waals surface area contributed by atoms with Crippen LogP contribution >= 0.6 is 11.6 Å². The van der Waals surface area contributed by atoms with Crippen LogP contribution in [0.15, 0.2) is 23.1 Å². The Morgan fingerprint density at radius 3 is 2.74 bits per heavy atom. The lowest BCUT2D eigenvalue weighted by molar-refractivity contribution is -0.200. The fourth-order valence-electron chi connectivity index (χ4n) is 3.13. The van der Waals surface area contributed by atoms with E-state index in [9.17, 15) is 22.8 Å². The largest absolute Gasteiger partial charge is 0.464 e. The van der Waals surface area contributed by atoms with Crippen molar-refractivity contribution in [3.05, 3.63) is 45.4 Å². The molecule has 0 aromatic carbocycles. The summed E-state index contributed by atoms with van der Waals surface area (Å²) in [4.78, 5) is 29.0. The average molecular weight is 405 g/mol. The molecule has 11 heteroatoms. The van der Waals surface area contributed by atoms with Gasteiger partial charge in [0.2, 0.25) is 0 Å². The van der Waals surface area contributed by atoms with Crippen molar-refractivity contribution in [2.75, 3.05) is 6.61 Å². The Balaban J connectivity index is 2.01. The van der Waals surface area contributed by atoms with Crippen molar-refractivity contribution in [1.29, 1.82) is 0 Å². The van der Waals surface area contributed by atoms with Crippen LogP contribution in [0.5, 0.6) is 0 Å². The van der Waals surface area contributed by atoms with E-state index in [1.807, 2.05) is 0 Å². The van der Waals surface area contributed by atoms with Gasteiger partial charge >= 0.3 is 17.8 Å². The monoisotopic (exact) mass is 404 g/mol. The number of fused-ring (bicyclic) bond motifs is 1. The number of halogens is 4. The molecule has 2 atom stereocenters. The van der Waals surface area contributed by atoms with Crippen molar-refractivity contribution >= 4 is 17.6 Å². The van der Waals surface area contributed by atoms with Crippen LogP contribution < -0.4 is 5.69 Å². The summed E-state index contributed by atoms with van der Waals surface area (Å²) in [7, 11) is 0. The molecule has 2 aromatic heterocycles. The summed E-state index contributed by atoms with van der Waals surface area (Å²) in [6.07, 6.45) is -3.67. The quantitative estimate of drug-likeness (QED) is 0.731. The number of carbonyl (C=O) groups excluding carboxylic acids is 1. The summed E-state index contributed by atoms with van der Waals surface area (Å²) in [5.74, 6) is -2.98. The predicted molar refractivity (Wildman–Crippen MR) is 88.4 cm³/mol. The molecule has 1 aliphatic rings. The van der Waals surface area contributed by atoms with Gasteiger partial charge in [-0.3, -0.25) is 9.55 Å². The second-order valence-electron chi connectivity index (χ2n) is 6.08. The van der Waals surface area contributed by atoms with Crippen molar-refractivity contribution in [3.63, 3.8) is 0 Å². The smallest absolute Gasteiger partial charge is 0.394 e. The molecule has 1 aliphatic heterocycles. The van der Waals surface area contributed by atoms with Crippen molar-refractivity contribution in [2.45, 2.75) is 38.5 Å². The van der Waals surface area contributed by atoms with E-state index < -0.39 is 29.8 Å². The minimum absolute atomic E-state index is 0.0533. The normalized spacial score (nSPS) is 19.6. The zero-order valence-corrected chi connectivity index (χ0v) is 15.0. The van der Waals surface area contributed by atoms with Gasteiger partial charge in [-0.1, -0.05) is 11.6 Å². The Kier molecular flexibility index (Phi) is 5.27. The van der Waals surface area contributed by atoms with Gasteiger partial charge in [-0.2, -0.15) is 18.3 Å². The van der Waals surface area contributed by atoms with Crippen LogP contribution in [0.1, 0.15) is 30.9 Å². The van der Waals surface area contributed by atoms with Crippen LogP contribution in [0.3, 0.4) is 0 Å². The third-order valence-electron chi connectivity index (χ3n) is 4.33. The highest BCUT2D eigenvalue weighted by Crippen LogP contribution is 2.41. The van der Waals surface area contributed by atoms with Crippen molar-refractivity contribution in [2.24, 2.45) is 5.92 Å². The molecule has 0 spiro atoms. The molecule has 0 amide bonds. The third kappa shape index (κ3) is 3.85. The lowest BCUT2D eigenvalue weighted by Gasteiger charge is -2.31. The molecule has 3 heterocycles. The van der Waals surface area contributed by atoms with E-state index in [1.165, 1.54) is 13.1 Å². The Morgan fingerprint density at radius 2 is 2.15 bits per heavy atom. The van der Waals surface area contributed by atoms with E-state index in [0.29, 0.717) is 10.7 Å². The van der Waals surface area contributed by atoms with E-state index in [-0.39, 0.29) is 31.8 Å². The maximum absolute atomic E-state index is 13.4. The molecule has 0 saturated heterocycles. The molecule has 0 N–H and O–H groups in total. The number of aryl methyl sites for hydroxylation is 1. The lowest BCUT2D eigenvalue weighted by Crippen LogP contribution is -2.45. The molecule has 27 heavy (non-hydrogen) atoms. The number of nitrogens with zero attached hydrogens (tertiary/aromatic N) is 4. The molecular weight excluding hydrogens is 389 g/mol. The van der Waals surface area contributed by atoms with Gasteiger partial charge in [-0.15, -0.1) is 0 Å². The fourth-order valence-corrected chi connectivity index (χ4v) is 3.25. The van der Waals surface area contributed by atoms with E-state index in [4.69, 9.17) is 16.3 Å². The Hall–Kier alpha value is -2.36. The van der Waals surface area contributed by atoms with Gasteiger partial charge in [-0.05, 0) is 25.5 Å². The summed E-state index contributed by atoms with van der Waals surface area (Å²) in [5, 5.41) is 4.50. The summed E-state index contributed by atoms with van der Waals surface area (Å²) in [6, 6.07) is 1.37. The topological polar surface area (TPSA) is 79.0 Å². The molecule has 0 bridgehead atoms. The van der Waals surface area contributed by atoms with E-state index in [1.54, 1.807) is 12.1 Å².